The highest BCUT2D eigenvalue weighted by atomic mass is 16.4. The minimum absolute atomic E-state index is 0.222. The largest absolute Gasteiger partial charge is 0.481 e. The first-order valence-corrected chi connectivity index (χ1v) is 9.18. The zero-order valence-electron chi connectivity index (χ0n) is 14.3. The Labute approximate surface area is 134 Å². The van der Waals surface area contributed by atoms with E-state index >= 15 is 0 Å². The Balaban J connectivity index is 1.75. The molecule has 0 amide bonds. The van der Waals surface area contributed by atoms with Gasteiger partial charge in [-0.15, -0.1) is 0 Å². The summed E-state index contributed by atoms with van der Waals surface area (Å²) in [6, 6.07) is 0. The fourth-order valence-corrected chi connectivity index (χ4v) is 7.39. The Bertz CT molecular complexity index is 552. The Morgan fingerprint density at radius 3 is 2.45 bits per heavy atom. The van der Waals surface area contributed by atoms with Crippen molar-refractivity contribution in [2.45, 2.75) is 72.1 Å². The zero-order chi connectivity index (χ0) is 15.8. The van der Waals surface area contributed by atoms with Crippen molar-refractivity contribution in [1.82, 2.24) is 0 Å². The number of carbonyl (C=O) groups is 1. The molecule has 3 saturated carbocycles. The highest BCUT2D eigenvalue weighted by Gasteiger charge is 2.64. The van der Waals surface area contributed by atoms with E-state index in [0.717, 1.165) is 19.3 Å². The molecular weight excluding hydrogens is 272 g/mol. The molecule has 2 nitrogen and oxygen atoms in total. The second-order valence-electron chi connectivity index (χ2n) is 9.66. The molecule has 0 aliphatic heterocycles. The molecule has 0 unspecified atom stereocenters. The summed E-state index contributed by atoms with van der Waals surface area (Å²) in [6.45, 7) is 6.90. The number of carboxylic acid groups (broad SMARTS) is 1. The summed E-state index contributed by atoms with van der Waals surface area (Å²) >= 11 is 0. The van der Waals surface area contributed by atoms with Gasteiger partial charge in [-0.2, -0.15) is 0 Å². The van der Waals surface area contributed by atoms with Crippen LogP contribution in [-0.2, 0) is 4.79 Å². The van der Waals surface area contributed by atoms with Gasteiger partial charge < -0.3 is 5.11 Å². The summed E-state index contributed by atoms with van der Waals surface area (Å²) in [7, 11) is 0. The van der Waals surface area contributed by atoms with E-state index in [1.807, 2.05) is 6.92 Å². The van der Waals surface area contributed by atoms with Gasteiger partial charge in [-0.25, -0.2) is 0 Å². The van der Waals surface area contributed by atoms with Gasteiger partial charge in [0.25, 0.3) is 0 Å². The third-order valence-electron chi connectivity index (χ3n) is 8.41. The molecule has 2 heteroatoms. The van der Waals surface area contributed by atoms with Crippen molar-refractivity contribution in [3.63, 3.8) is 0 Å². The number of hydrogen-bond donors (Lipinski definition) is 1. The van der Waals surface area contributed by atoms with E-state index < -0.39 is 11.4 Å². The summed E-state index contributed by atoms with van der Waals surface area (Å²) in [4.78, 5) is 12.0. The van der Waals surface area contributed by atoms with E-state index in [2.05, 4.69) is 26.0 Å². The SMILES string of the molecule is C[C@]12C=C[C@@]3(CC[C@@H]4[C@](C)(CCC[C@]4(C)C(=O)O)[C@H]3CC1)C2. The number of aliphatic carboxylic acids is 1. The Morgan fingerprint density at radius 1 is 1.00 bits per heavy atom. The number of hydrogen-bond acceptors (Lipinski definition) is 1. The third-order valence-corrected chi connectivity index (χ3v) is 8.41. The molecule has 6 atom stereocenters. The maximum absolute atomic E-state index is 12.0. The molecule has 0 aromatic heterocycles. The molecule has 3 fully saturated rings. The summed E-state index contributed by atoms with van der Waals surface area (Å²) in [5.41, 5.74) is 0.525. The maximum atomic E-state index is 12.0. The molecule has 1 N–H and O–H groups in total. The average molecular weight is 302 g/mol. The van der Waals surface area contributed by atoms with Crippen LogP contribution in [0.2, 0.25) is 0 Å². The van der Waals surface area contributed by atoms with Crippen LogP contribution in [0.25, 0.3) is 0 Å². The zero-order valence-corrected chi connectivity index (χ0v) is 14.3. The molecule has 4 aliphatic carbocycles. The molecule has 2 bridgehead atoms. The highest BCUT2D eigenvalue weighted by Crippen LogP contribution is 2.71. The lowest BCUT2D eigenvalue weighted by Crippen LogP contribution is -2.58. The molecule has 4 rings (SSSR count). The lowest BCUT2D eigenvalue weighted by atomic mass is 9.40. The van der Waals surface area contributed by atoms with Gasteiger partial charge in [-0.05, 0) is 80.0 Å². The topological polar surface area (TPSA) is 37.3 Å². The van der Waals surface area contributed by atoms with E-state index in [4.69, 9.17) is 0 Å². The second kappa shape index (κ2) is 4.19. The van der Waals surface area contributed by atoms with E-state index in [0.29, 0.717) is 22.7 Å². The molecule has 1 spiro atoms. The average Bonchev–Trinajstić information content (AvgIpc) is 2.68. The molecule has 22 heavy (non-hydrogen) atoms. The van der Waals surface area contributed by atoms with Gasteiger partial charge in [-0.3, -0.25) is 4.79 Å². The fourth-order valence-electron chi connectivity index (χ4n) is 7.39. The van der Waals surface area contributed by atoms with Crippen molar-refractivity contribution in [3.8, 4) is 0 Å². The van der Waals surface area contributed by atoms with Gasteiger partial charge >= 0.3 is 5.97 Å². The van der Waals surface area contributed by atoms with Gasteiger partial charge in [0.1, 0.15) is 0 Å². The molecule has 0 heterocycles. The summed E-state index contributed by atoms with van der Waals surface area (Å²) in [5.74, 6) is 0.506. The normalized spacial score (nSPS) is 56.3. The quantitative estimate of drug-likeness (QED) is 0.689. The van der Waals surface area contributed by atoms with Gasteiger partial charge in [0.05, 0.1) is 5.41 Å². The van der Waals surface area contributed by atoms with Crippen molar-refractivity contribution in [3.05, 3.63) is 12.2 Å². The standard InChI is InChI=1S/C20H30O2/c1-17-9-5-15-18(2)7-4-8-19(3,16(21)22)14(18)6-10-20(15,13-17)12-11-17/h11-12,14-15H,4-10,13H2,1-3H3,(H,21,22)/t14-,15-,17-,18+,19+,20+/m1/s1. The predicted octanol–water partition coefficient (Wildman–Crippen LogP) is 5.04. The van der Waals surface area contributed by atoms with Gasteiger partial charge in [-0.1, -0.05) is 32.4 Å². The van der Waals surface area contributed by atoms with E-state index in [1.54, 1.807) is 0 Å². The Hall–Kier alpha value is -0.790. The summed E-state index contributed by atoms with van der Waals surface area (Å²) < 4.78 is 0. The molecule has 0 radical (unpaired) electrons. The minimum atomic E-state index is -0.554. The van der Waals surface area contributed by atoms with E-state index in [-0.39, 0.29) is 5.41 Å². The maximum Gasteiger partial charge on any atom is 0.309 e. The van der Waals surface area contributed by atoms with Crippen LogP contribution in [0.15, 0.2) is 12.2 Å². The smallest absolute Gasteiger partial charge is 0.309 e. The molecule has 0 aromatic carbocycles. The van der Waals surface area contributed by atoms with Crippen molar-refractivity contribution in [2.75, 3.05) is 0 Å². The lowest BCUT2D eigenvalue weighted by Gasteiger charge is -2.63. The van der Waals surface area contributed by atoms with Crippen molar-refractivity contribution in [2.24, 2.45) is 33.5 Å². The Kier molecular flexibility index (Phi) is 2.81. The van der Waals surface area contributed by atoms with Crippen LogP contribution >= 0.6 is 0 Å². The van der Waals surface area contributed by atoms with Crippen LogP contribution in [0.1, 0.15) is 72.1 Å². The fraction of sp³-hybridized carbons (Fsp3) is 0.850. The lowest BCUT2D eigenvalue weighted by molar-refractivity contribution is -0.179. The number of carboxylic acids is 1. The molecule has 0 saturated heterocycles. The molecule has 122 valence electrons. The second-order valence-corrected chi connectivity index (χ2v) is 9.66. The van der Waals surface area contributed by atoms with Crippen molar-refractivity contribution >= 4 is 5.97 Å². The van der Waals surface area contributed by atoms with Gasteiger partial charge in [0.2, 0.25) is 0 Å². The number of fused-ring (bicyclic) bond motifs is 3. The van der Waals surface area contributed by atoms with E-state index in [9.17, 15) is 9.90 Å². The van der Waals surface area contributed by atoms with Crippen LogP contribution in [-0.4, -0.2) is 11.1 Å². The van der Waals surface area contributed by atoms with Crippen molar-refractivity contribution in [1.29, 1.82) is 0 Å². The van der Waals surface area contributed by atoms with Crippen molar-refractivity contribution < 1.29 is 9.90 Å². The third kappa shape index (κ3) is 1.65. The van der Waals surface area contributed by atoms with Crippen LogP contribution in [0, 0.1) is 33.5 Å². The molecule has 0 aromatic rings. The highest BCUT2D eigenvalue weighted by molar-refractivity contribution is 5.75. The van der Waals surface area contributed by atoms with Gasteiger partial charge in [0.15, 0.2) is 0 Å². The number of allylic oxidation sites excluding steroid dienone is 2. The van der Waals surface area contributed by atoms with Crippen LogP contribution in [0.3, 0.4) is 0 Å². The first-order valence-electron chi connectivity index (χ1n) is 9.18. The summed E-state index contributed by atoms with van der Waals surface area (Å²) in [6.07, 6.45) is 14.5. The first kappa shape index (κ1) is 14.8. The molecular formula is C20H30O2. The van der Waals surface area contributed by atoms with Crippen LogP contribution in [0.5, 0.6) is 0 Å². The van der Waals surface area contributed by atoms with Gasteiger partial charge in [0, 0.05) is 0 Å². The summed E-state index contributed by atoms with van der Waals surface area (Å²) in [5, 5.41) is 9.90. The van der Waals surface area contributed by atoms with Crippen LogP contribution in [0.4, 0.5) is 0 Å². The van der Waals surface area contributed by atoms with E-state index in [1.165, 1.54) is 32.1 Å². The predicted molar refractivity (Wildman–Crippen MR) is 87.4 cm³/mol. The van der Waals surface area contributed by atoms with Crippen LogP contribution < -0.4 is 0 Å². The monoisotopic (exact) mass is 302 g/mol. The minimum Gasteiger partial charge on any atom is -0.481 e. The number of rotatable bonds is 1. The molecule has 4 aliphatic rings. The Morgan fingerprint density at radius 2 is 1.73 bits per heavy atom. The first-order chi connectivity index (χ1) is 10.2.